The summed E-state index contributed by atoms with van der Waals surface area (Å²) in [6, 6.07) is 8.22. The number of aromatic nitrogens is 1. The predicted molar refractivity (Wildman–Crippen MR) is 76.8 cm³/mol. The highest BCUT2D eigenvalue weighted by Crippen LogP contribution is 2.24. The van der Waals surface area contributed by atoms with Crippen LogP contribution in [0, 0.1) is 5.92 Å². The molecule has 3 rings (SSSR count). The highest BCUT2D eigenvalue weighted by Gasteiger charge is 2.23. The Morgan fingerprint density at radius 3 is 2.79 bits per heavy atom. The van der Waals surface area contributed by atoms with Gasteiger partial charge in [-0.05, 0) is 38.1 Å². The van der Waals surface area contributed by atoms with Gasteiger partial charge in [0.25, 0.3) is 0 Å². The average Bonchev–Trinajstić information content (AvgIpc) is 2.81. The molecule has 0 saturated carbocycles. The number of carbonyl (C=O) groups excluding carboxylic acids is 1. The molecule has 19 heavy (non-hydrogen) atoms. The number of amides is 1. The zero-order chi connectivity index (χ0) is 13.2. The molecule has 1 aromatic carbocycles. The van der Waals surface area contributed by atoms with Crippen LogP contribution in [-0.4, -0.2) is 28.9 Å². The van der Waals surface area contributed by atoms with E-state index < -0.39 is 0 Å². The normalized spacial score (nSPS) is 17.9. The first kappa shape index (κ1) is 12.6. The summed E-state index contributed by atoms with van der Waals surface area (Å²) in [6.07, 6.45) is 1.75. The minimum atomic E-state index is -0.153. The van der Waals surface area contributed by atoms with E-state index in [2.05, 4.69) is 22.0 Å². The molecule has 1 aliphatic heterocycles. The van der Waals surface area contributed by atoms with Crippen molar-refractivity contribution in [3.8, 4) is 0 Å². The minimum Gasteiger partial charge on any atom is -0.369 e. The first-order valence-electron chi connectivity index (χ1n) is 6.58. The Balaban J connectivity index is 1.64. The van der Waals surface area contributed by atoms with Crippen molar-refractivity contribution in [2.24, 2.45) is 11.7 Å². The van der Waals surface area contributed by atoms with E-state index in [1.54, 1.807) is 11.3 Å². The van der Waals surface area contributed by atoms with Crippen LogP contribution in [0.3, 0.4) is 0 Å². The topological polar surface area (TPSA) is 59.2 Å². The van der Waals surface area contributed by atoms with Crippen LogP contribution in [-0.2, 0) is 11.3 Å². The van der Waals surface area contributed by atoms with Gasteiger partial charge in [-0.2, -0.15) is 0 Å². The van der Waals surface area contributed by atoms with Crippen molar-refractivity contribution in [1.82, 2.24) is 9.88 Å². The van der Waals surface area contributed by atoms with Crippen molar-refractivity contribution in [2.75, 3.05) is 13.1 Å². The summed E-state index contributed by atoms with van der Waals surface area (Å²) < 4.78 is 1.24. The fourth-order valence-corrected chi connectivity index (χ4v) is 3.56. The maximum absolute atomic E-state index is 11.1. The van der Waals surface area contributed by atoms with E-state index in [1.807, 2.05) is 12.1 Å². The van der Waals surface area contributed by atoms with Gasteiger partial charge in [0.15, 0.2) is 0 Å². The standard InChI is InChI=1S/C14H17N3OS/c15-14(18)10-5-7-17(8-6-10)9-13-16-11-3-1-2-4-12(11)19-13/h1-4,10H,5-9H2,(H2,15,18). The third-order valence-corrected chi connectivity index (χ3v) is 4.71. The van der Waals surface area contributed by atoms with Gasteiger partial charge in [-0.1, -0.05) is 12.1 Å². The summed E-state index contributed by atoms with van der Waals surface area (Å²) in [5.74, 6) is -0.0914. The van der Waals surface area contributed by atoms with Crippen LogP contribution in [0.25, 0.3) is 10.2 Å². The van der Waals surface area contributed by atoms with Crippen molar-refractivity contribution in [3.05, 3.63) is 29.3 Å². The molecule has 0 bridgehead atoms. The number of thiazole rings is 1. The van der Waals surface area contributed by atoms with Crippen LogP contribution in [0.15, 0.2) is 24.3 Å². The van der Waals surface area contributed by atoms with E-state index in [4.69, 9.17) is 5.73 Å². The first-order chi connectivity index (χ1) is 9.22. The van der Waals surface area contributed by atoms with Crippen molar-refractivity contribution in [2.45, 2.75) is 19.4 Å². The number of hydrogen-bond donors (Lipinski definition) is 1. The molecule has 0 radical (unpaired) electrons. The third-order valence-electron chi connectivity index (χ3n) is 3.69. The minimum absolute atomic E-state index is 0.0617. The van der Waals surface area contributed by atoms with Gasteiger partial charge in [-0.15, -0.1) is 11.3 Å². The van der Waals surface area contributed by atoms with E-state index in [9.17, 15) is 4.79 Å². The number of fused-ring (bicyclic) bond motifs is 1. The number of nitrogens with two attached hydrogens (primary N) is 1. The number of benzene rings is 1. The number of nitrogens with zero attached hydrogens (tertiary/aromatic N) is 2. The molecule has 1 saturated heterocycles. The zero-order valence-electron chi connectivity index (χ0n) is 10.7. The smallest absolute Gasteiger partial charge is 0.220 e. The first-order valence-corrected chi connectivity index (χ1v) is 7.40. The molecule has 0 unspecified atom stereocenters. The predicted octanol–water partition coefficient (Wildman–Crippen LogP) is 1.99. The van der Waals surface area contributed by atoms with E-state index in [0.29, 0.717) is 0 Å². The van der Waals surface area contributed by atoms with Crippen molar-refractivity contribution in [3.63, 3.8) is 0 Å². The van der Waals surface area contributed by atoms with Crippen LogP contribution in [0.2, 0.25) is 0 Å². The average molecular weight is 275 g/mol. The van der Waals surface area contributed by atoms with Gasteiger partial charge in [0.05, 0.1) is 16.8 Å². The summed E-state index contributed by atoms with van der Waals surface area (Å²) in [5, 5.41) is 1.15. The SMILES string of the molecule is NC(=O)C1CCN(Cc2nc3ccccc3s2)CC1. The lowest BCUT2D eigenvalue weighted by atomic mass is 9.96. The van der Waals surface area contributed by atoms with E-state index in [0.717, 1.165) is 43.0 Å². The van der Waals surface area contributed by atoms with Gasteiger partial charge in [0, 0.05) is 5.92 Å². The lowest BCUT2D eigenvalue weighted by molar-refractivity contribution is -0.123. The molecule has 0 spiro atoms. The van der Waals surface area contributed by atoms with Gasteiger partial charge in [-0.3, -0.25) is 9.69 Å². The Hall–Kier alpha value is -1.46. The molecule has 2 heterocycles. The molecule has 2 aromatic rings. The summed E-state index contributed by atoms with van der Waals surface area (Å²) in [5.41, 5.74) is 6.43. The summed E-state index contributed by atoms with van der Waals surface area (Å²) >= 11 is 1.75. The summed E-state index contributed by atoms with van der Waals surface area (Å²) in [6.45, 7) is 2.75. The molecule has 2 N–H and O–H groups in total. The second-order valence-corrected chi connectivity index (χ2v) is 6.14. The molecule has 5 heteroatoms. The van der Waals surface area contributed by atoms with Crippen molar-refractivity contribution in [1.29, 1.82) is 0 Å². The van der Waals surface area contributed by atoms with E-state index >= 15 is 0 Å². The van der Waals surface area contributed by atoms with Gasteiger partial charge in [0.1, 0.15) is 5.01 Å². The molecule has 1 fully saturated rings. The molecule has 100 valence electrons. The largest absolute Gasteiger partial charge is 0.369 e. The summed E-state index contributed by atoms with van der Waals surface area (Å²) in [4.78, 5) is 18.1. The van der Waals surface area contributed by atoms with Crippen LogP contribution < -0.4 is 5.73 Å². The van der Waals surface area contributed by atoms with Crippen molar-refractivity contribution >= 4 is 27.5 Å². The van der Waals surface area contributed by atoms with Gasteiger partial charge < -0.3 is 5.73 Å². The van der Waals surface area contributed by atoms with Gasteiger partial charge in [-0.25, -0.2) is 4.98 Å². The van der Waals surface area contributed by atoms with Crippen LogP contribution in [0.5, 0.6) is 0 Å². The number of primary amides is 1. The quantitative estimate of drug-likeness (QED) is 0.932. The van der Waals surface area contributed by atoms with Crippen LogP contribution in [0.4, 0.5) is 0 Å². The fraction of sp³-hybridized carbons (Fsp3) is 0.429. The van der Waals surface area contributed by atoms with Gasteiger partial charge >= 0.3 is 0 Å². The highest BCUT2D eigenvalue weighted by molar-refractivity contribution is 7.18. The molecular weight excluding hydrogens is 258 g/mol. The Bertz CT molecular complexity index is 554. The Kier molecular flexibility index (Phi) is 3.48. The lowest BCUT2D eigenvalue weighted by Gasteiger charge is -2.29. The summed E-state index contributed by atoms with van der Waals surface area (Å²) in [7, 11) is 0. The molecule has 1 aromatic heterocycles. The second kappa shape index (κ2) is 5.27. The Morgan fingerprint density at radius 1 is 1.37 bits per heavy atom. The number of hydrogen-bond acceptors (Lipinski definition) is 4. The number of piperidine rings is 1. The Morgan fingerprint density at radius 2 is 2.11 bits per heavy atom. The Labute approximate surface area is 116 Å². The maximum atomic E-state index is 11.1. The van der Waals surface area contributed by atoms with Gasteiger partial charge in [0.2, 0.25) is 5.91 Å². The van der Waals surface area contributed by atoms with Crippen molar-refractivity contribution < 1.29 is 4.79 Å². The monoisotopic (exact) mass is 275 g/mol. The van der Waals surface area contributed by atoms with Crippen LogP contribution in [0.1, 0.15) is 17.8 Å². The van der Waals surface area contributed by atoms with E-state index in [1.165, 1.54) is 4.70 Å². The number of rotatable bonds is 3. The number of likely N-dealkylation sites (tertiary alicyclic amines) is 1. The third kappa shape index (κ3) is 2.77. The molecule has 4 nitrogen and oxygen atoms in total. The molecular formula is C14H17N3OS. The highest BCUT2D eigenvalue weighted by atomic mass is 32.1. The maximum Gasteiger partial charge on any atom is 0.220 e. The molecule has 0 atom stereocenters. The molecule has 1 aliphatic rings. The lowest BCUT2D eigenvalue weighted by Crippen LogP contribution is -2.38. The fourth-order valence-electron chi connectivity index (χ4n) is 2.55. The van der Waals surface area contributed by atoms with Crippen LogP contribution >= 0.6 is 11.3 Å². The zero-order valence-corrected chi connectivity index (χ0v) is 11.5. The van der Waals surface area contributed by atoms with E-state index in [-0.39, 0.29) is 11.8 Å². The number of para-hydroxylation sites is 1. The molecule has 1 amide bonds. The molecule has 0 aliphatic carbocycles. The second-order valence-electron chi connectivity index (χ2n) is 5.03. The number of carbonyl (C=O) groups is 1.